The Morgan fingerprint density at radius 2 is 1.57 bits per heavy atom. The quantitative estimate of drug-likeness (QED) is 0.620. The van der Waals surface area contributed by atoms with E-state index in [0.717, 1.165) is 18.5 Å². The summed E-state index contributed by atoms with van der Waals surface area (Å²) in [6, 6.07) is 6.90. The highest BCUT2D eigenvalue weighted by molar-refractivity contribution is 7.92. The van der Waals surface area contributed by atoms with Crippen LogP contribution in [0.1, 0.15) is 76.7 Å². The third kappa shape index (κ3) is 5.86. The van der Waals surface area contributed by atoms with E-state index in [9.17, 15) is 8.42 Å². The number of anilines is 2. The number of nitrogens with zero attached hydrogens (tertiary/aromatic N) is 1. The molecule has 0 atom stereocenters. The topological polar surface area (TPSA) is 75.4 Å². The van der Waals surface area contributed by atoms with Crippen LogP contribution in [-0.2, 0) is 16.4 Å². The van der Waals surface area contributed by atoms with Gasteiger partial charge in [-0.25, -0.2) is 8.42 Å². The van der Waals surface area contributed by atoms with Crippen LogP contribution in [0.2, 0.25) is 0 Å². The van der Waals surface area contributed by atoms with Crippen molar-refractivity contribution in [2.75, 3.05) is 22.8 Å². The fourth-order valence-corrected chi connectivity index (χ4v) is 5.58. The molecule has 2 fully saturated rings. The molecular formula is C22H37N3O2S. The first kappa shape index (κ1) is 21.4. The Morgan fingerprint density at radius 1 is 1.00 bits per heavy atom. The maximum Gasteiger partial charge on any atom is 0.232 e. The number of hydrogen-bond donors (Lipinski definition) is 2. The average molecular weight is 408 g/mol. The summed E-state index contributed by atoms with van der Waals surface area (Å²) >= 11 is 0. The van der Waals surface area contributed by atoms with Gasteiger partial charge >= 0.3 is 0 Å². The van der Waals surface area contributed by atoms with Crippen molar-refractivity contribution in [3.05, 3.63) is 23.8 Å². The van der Waals surface area contributed by atoms with E-state index in [-0.39, 0.29) is 5.75 Å². The molecule has 158 valence electrons. The van der Waals surface area contributed by atoms with Gasteiger partial charge in [-0.3, -0.25) is 9.62 Å². The largest absolute Gasteiger partial charge is 0.399 e. The summed E-state index contributed by atoms with van der Waals surface area (Å²) in [5.74, 6) is 0.0765. The van der Waals surface area contributed by atoms with E-state index < -0.39 is 10.0 Å². The fourth-order valence-electron chi connectivity index (χ4n) is 4.90. The van der Waals surface area contributed by atoms with Gasteiger partial charge in [0.1, 0.15) is 0 Å². The lowest BCUT2D eigenvalue weighted by atomic mass is 9.88. The van der Waals surface area contributed by atoms with E-state index in [2.05, 4.69) is 9.62 Å². The molecule has 3 N–H and O–H groups in total. The normalized spacial score (nSPS) is 19.8. The van der Waals surface area contributed by atoms with Gasteiger partial charge in [-0.05, 0) is 62.8 Å². The zero-order valence-electron chi connectivity index (χ0n) is 17.3. The van der Waals surface area contributed by atoms with Crippen LogP contribution in [0, 0.1) is 0 Å². The lowest BCUT2D eigenvalue weighted by Crippen LogP contribution is -2.46. The monoisotopic (exact) mass is 407 g/mol. The minimum absolute atomic E-state index is 0.0765. The van der Waals surface area contributed by atoms with Crippen LogP contribution >= 0.6 is 0 Å². The molecular weight excluding hydrogens is 370 g/mol. The van der Waals surface area contributed by atoms with E-state index in [1.807, 2.05) is 12.1 Å². The Hall–Kier alpha value is -1.27. The molecule has 0 amide bonds. The first-order chi connectivity index (χ1) is 13.5. The Kier molecular flexibility index (Phi) is 7.63. The number of sulfonamides is 1. The molecule has 2 aliphatic rings. The lowest BCUT2D eigenvalue weighted by molar-refractivity contribution is 0.0821. The summed E-state index contributed by atoms with van der Waals surface area (Å²) < 4.78 is 26.9. The van der Waals surface area contributed by atoms with Crippen LogP contribution in [0.25, 0.3) is 0 Å². The zero-order valence-corrected chi connectivity index (χ0v) is 18.1. The number of nitrogens with one attached hydrogen (secondary N) is 1. The highest BCUT2D eigenvalue weighted by Gasteiger charge is 2.28. The van der Waals surface area contributed by atoms with E-state index in [0.29, 0.717) is 23.5 Å². The predicted octanol–water partition coefficient (Wildman–Crippen LogP) is 4.54. The minimum atomic E-state index is -3.29. The van der Waals surface area contributed by atoms with Crippen LogP contribution in [0.15, 0.2) is 18.2 Å². The maximum atomic E-state index is 12.1. The van der Waals surface area contributed by atoms with Crippen LogP contribution < -0.4 is 10.5 Å². The van der Waals surface area contributed by atoms with Crippen molar-refractivity contribution >= 4 is 21.4 Å². The molecule has 0 aliphatic heterocycles. The Labute approximate surface area is 171 Å². The van der Waals surface area contributed by atoms with Gasteiger partial charge in [-0.2, -0.15) is 0 Å². The van der Waals surface area contributed by atoms with Crippen molar-refractivity contribution in [1.82, 2.24) is 4.90 Å². The fraction of sp³-hybridized carbons (Fsp3) is 0.727. The molecule has 5 nitrogen and oxygen atoms in total. The molecule has 1 aromatic carbocycles. The van der Waals surface area contributed by atoms with Crippen molar-refractivity contribution < 1.29 is 8.42 Å². The second-order valence-electron chi connectivity index (χ2n) is 8.49. The van der Waals surface area contributed by atoms with Gasteiger partial charge < -0.3 is 5.73 Å². The van der Waals surface area contributed by atoms with Crippen molar-refractivity contribution in [2.24, 2.45) is 0 Å². The molecule has 1 aromatic rings. The molecule has 2 saturated carbocycles. The predicted molar refractivity (Wildman–Crippen MR) is 118 cm³/mol. The van der Waals surface area contributed by atoms with Gasteiger partial charge in [-0.1, -0.05) is 38.5 Å². The summed E-state index contributed by atoms with van der Waals surface area (Å²) in [6.07, 6.45) is 14.2. The number of hydrogen-bond acceptors (Lipinski definition) is 4. The molecule has 0 aromatic heterocycles. The smallest absolute Gasteiger partial charge is 0.232 e. The average Bonchev–Trinajstić information content (AvgIpc) is 2.71. The summed E-state index contributed by atoms with van der Waals surface area (Å²) in [5, 5.41) is 0. The first-order valence-electron chi connectivity index (χ1n) is 11.1. The van der Waals surface area contributed by atoms with Gasteiger partial charge in [-0.15, -0.1) is 0 Å². The van der Waals surface area contributed by atoms with Crippen LogP contribution in [-0.4, -0.2) is 37.7 Å². The molecule has 0 saturated heterocycles. The summed E-state index contributed by atoms with van der Waals surface area (Å²) in [5.41, 5.74) is 8.41. The third-order valence-electron chi connectivity index (χ3n) is 6.50. The molecule has 2 aliphatic carbocycles. The van der Waals surface area contributed by atoms with Gasteiger partial charge in [0.25, 0.3) is 0 Å². The second-order valence-corrected chi connectivity index (χ2v) is 10.5. The summed E-state index contributed by atoms with van der Waals surface area (Å²) in [6.45, 7) is 2.65. The van der Waals surface area contributed by atoms with Gasteiger partial charge in [0.2, 0.25) is 10.0 Å². The molecule has 28 heavy (non-hydrogen) atoms. The zero-order chi connectivity index (χ0) is 20.0. The van der Waals surface area contributed by atoms with E-state index >= 15 is 0 Å². The first-order valence-corrected chi connectivity index (χ1v) is 12.8. The highest BCUT2D eigenvalue weighted by atomic mass is 32.2. The van der Waals surface area contributed by atoms with Gasteiger partial charge in [0, 0.05) is 24.3 Å². The number of nitrogens with two attached hydrogens (primary N) is 1. The van der Waals surface area contributed by atoms with Crippen molar-refractivity contribution in [3.63, 3.8) is 0 Å². The molecule has 3 rings (SSSR count). The van der Waals surface area contributed by atoms with Gasteiger partial charge in [0.15, 0.2) is 0 Å². The van der Waals surface area contributed by atoms with E-state index in [1.54, 1.807) is 13.0 Å². The number of rotatable bonds is 8. The lowest BCUT2D eigenvalue weighted by Gasteiger charge is -2.42. The van der Waals surface area contributed by atoms with E-state index in [4.69, 9.17) is 5.73 Å². The SMILES string of the molecule is CCS(=O)(=O)Nc1ccc(N)cc1CCN(C1CCCCC1)C1CCCCC1. The Balaban J connectivity index is 1.75. The summed E-state index contributed by atoms with van der Waals surface area (Å²) in [7, 11) is -3.29. The van der Waals surface area contributed by atoms with Crippen molar-refractivity contribution in [2.45, 2.75) is 89.6 Å². The molecule has 0 heterocycles. The molecule has 0 bridgehead atoms. The van der Waals surface area contributed by atoms with Crippen LogP contribution in [0.5, 0.6) is 0 Å². The number of benzene rings is 1. The Bertz CT molecular complexity index is 705. The molecule has 0 unspecified atom stereocenters. The van der Waals surface area contributed by atoms with Crippen LogP contribution in [0.3, 0.4) is 0 Å². The molecule has 0 spiro atoms. The minimum Gasteiger partial charge on any atom is -0.399 e. The second kappa shape index (κ2) is 9.97. The van der Waals surface area contributed by atoms with Gasteiger partial charge in [0.05, 0.1) is 11.4 Å². The molecule has 6 heteroatoms. The third-order valence-corrected chi connectivity index (χ3v) is 7.79. The van der Waals surface area contributed by atoms with Crippen molar-refractivity contribution in [3.8, 4) is 0 Å². The summed E-state index contributed by atoms with van der Waals surface area (Å²) in [4.78, 5) is 2.76. The van der Waals surface area contributed by atoms with E-state index in [1.165, 1.54) is 64.2 Å². The van der Waals surface area contributed by atoms with Crippen LogP contribution in [0.4, 0.5) is 11.4 Å². The highest BCUT2D eigenvalue weighted by Crippen LogP contribution is 2.31. The Morgan fingerprint density at radius 3 is 2.11 bits per heavy atom. The maximum absolute atomic E-state index is 12.1. The standard InChI is InChI=1S/C22H37N3O2S/c1-2-28(26,27)24-22-14-13-19(23)17-18(22)15-16-25(20-9-5-3-6-10-20)21-11-7-4-8-12-21/h13-14,17,20-21,24H,2-12,15-16,23H2,1H3. The molecule has 0 radical (unpaired) electrons. The van der Waals surface area contributed by atoms with Crippen molar-refractivity contribution in [1.29, 1.82) is 0 Å². The number of nitrogen functional groups attached to an aromatic ring is 1.